The van der Waals surface area contributed by atoms with Gasteiger partial charge < -0.3 is 37.6 Å². The van der Waals surface area contributed by atoms with E-state index in [4.69, 9.17) is 11.5 Å². The molecule has 1 amide bonds. The molecule has 1 aromatic carbocycles. The van der Waals surface area contributed by atoms with Crippen LogP contribution in [-0.4, -0.2) is 55.6 Å². The summed E-state index contributed by atoms with van der Waals surface area (Å²) in [5.74, 6) is 0.757. The number of allylic oxidation sites excluding steroid dienone is 1. The molecule has 0 saturated carbocycles. The highest BCUT2D eigenvalue weighted by atomic mass is 19.1. The molecule has 0 spiro atoms. The summed E-state index contributed by atoms with van der Waals surface area (Å²) in [6.07, 6.45) is 5.52. The molecule has 0 fully saturated rings. The van der Waals surface area contributed by atoms with Gasteiger partial charge in [-0.2, -0.15) is 0 Å². The Morgan fingerprint density at radius 3 is 2.56 bits per heavy atom. The number of nitrogens with two attached hydrogens (primary N) is 2. The standard InChI is InChI=1S/C29H45FN8O/c1-5-16-38(18-15-33-4)17-12-28(39)37-27-19-22(11-14-34-27)36-26(29(32)35-13-10-21(2)3)20-25(31)23-8-6-7-9-24(23)30/h6-9,11,14,19-21,33,35H,5,10,12-13,15-18,31-32H2,1-4H3,(H2,34,36,37,39)/b25-20-,29-26-. The Labute approximate surface area is 232 Å². The Balaban J connectivity index is 2.17. The second-order valence-electron chi connectivity index (χ2n) is 9.81. The van der Waals surface area contributed by atoms with Crippen molar-refractivity contribution in [1.29, 1.82) is 0 Å². The van der Waals surface area contributed by atoms with Crippen LogP contribution >= 0.6 is 0 Å². The number of aromatic nitrogens is 1. The Hall–Kier alpha value is -3.63. The van der Waals surface area contributed by atoms with Crippen LogP contribution in [0.1, 0.15) is 45.6 Å². The molecule has 2 rings (SSSR count). The number of benzene rings is 1. The average Bonchev–Trinajstić information content (AvgIpc) is 2.90. The molecule has 0 atom stereocenters. The molecule has 0 aliphatic rings. The molecule has 0 bridgehead atoms. The minimum Gasteiger partial charge on any atom is -0.398 e. The van der Waals surface area contributed by atoms with Crippen LogP contribution in [0.15, 0.2) is 60.2 Å². The fraction of sp³-hybridized carbons (Fsp3) is 0.448. The first-order valence-electron chi connectivity index (χ1n) is 13.6. The van der Waals surface area contributed by atoms with Crippen molar-refractivity contribution in [3.8, 4) is 0 Å². The van der Waals surface area contributed by atoms with Gasteiger partial charge in [0.1, 0.15) is 17.5 Å². The number of nitrogens with one attached hydrogen (secondary N) is 4. The van der Waals surface area contributed by atoms with Crippen molar-refractivity contribution in [3.05, 3.63) is 71.6 Å². The lowest BCUT2D eigenvalue weighted by atomic mass is 10.1. The van der Waals surface area contributed by atoms with Crippen molar-refractivity contribution in [2.45, 2.75) is 40.0 Å². The first-order valence-corrected chi connectivity index (χ1v) is 13.6. The molecule has 0 aliphatic carbocycles. The van der Waals surface area contributed by atoms with Crippen molar-refractivity contribution in [2.24, 2.45) is 17.4 Å². The normalized spacial score (nSPS) is 12.4. The Morgan fingerprint density at radius 2 is 1.87 bits per heavy atom. The molecule has 1 aromatic heterocycles. The van der Waals surface area contributed by atoms with Gasteiger partial charge >= 0.3 is 0 Å². The van der Waals surface area contributed by atoms with Crippen molar-refractivity contribution in [1.82, 2.24) is 20.5 Å². The topological polar surface area (TPSA) is 133 Å². The summed E-state index contributed by atoms with van der Waals surface area (Å²) in [7, 11) is 1.92. The zero-order valence-electron chi connectivity index (χ0n) is 23.7. The molecule has 9 nitrogen and oxygen atoms in total. The van der Waals surface area contributed by atoms with E-state index in [9.17, 15) is 9.18 Å². The maximum atomic E-state index is 14.3. The van der Waals surface area contributed by atoms with E-state index >= 15 is 0 Å². The van der Waals surface area contributed by atoms with Gasteiger partial charge in [0.15, 0.2) is 0 Å². The van der Waals surface area contributed by atoms with Crippen LogP contribution in [0.3, 0.4) is 0 Å². The second kappa shape index (κ2) is 17.1. The van der Waals surface area contributed by atoms with Crippen LogP contribution in [-0.2, 0) is 4.79 Å². The number of halogens is 1. The molecular weight excluding hydrogens is 495 g/mol. The Bertz CT molecular complexity index is 1100. The van der Waals surface area contributed by atoms with Gasteiger partial charge in [-0.3, -0.25) is 4.79 Å². The summed E-state index contributed by atoms with van der Waals surface area (Å²) in [4.78, 5) is 19.2. The third-order valence-electron chi connectivity index (χ3n) is 5.99. The van der Waals surface area contributed by atoms with E-state index < -0.39 is 5.82 Å². The average molecular weight is 541 g/mol. The number of hydrogen-bond acceptors (Lipinski definition) is 8. The molecular formula is C29H45FN8O. The summed E-state index contributed by atoms with van der Waals surface area (Å²) >= 11 is 0. The lowest BCUT2D eigenvalue weighted by Crippen LogP contribution is -2.34. The minimum absolute atomic E-state index is 0.112. The van der Waals surface area contributed by atoms with Crippen LogP contribution in [0.4, 0.5) is 15.9 Å². The second-order valence-corrected chi connectivity index (χ2v) is 9.81. The number of nitrogens with zero attached hydrogens (tertiary/aromatic N) is 2. The van der Waals surface area contributed by atoms with Crippen LogP contribution in [0, 0.1) is 11.7 Å². The van der Waals surface area contributed by atoms with Crippen LogP contribution in [0.5, 0.6) is 0 Å². The molecule has 0 radical (unpaired) electrons. The van der Waals surface area contributed by atoms with Gasteiger partial charge in [0.2, 0.25) is 5.91 Å². The maximum Gasteiger partial charge on any atom is 0.226 e. The third-order valence-corrected chi connectivity index (χ3v) is 5.99. The number of carbonyl (C=O) groups is 1. The summed E-state index contributed by atoms with van der Waals surface area (Å²) in [5.41, 5.74) is 14.3. The predicted molar refractivity (Wildman–Crippen MR) is 159 cm³/mol. The molecule has 2 aromatic rings. The monoisotopic (exact) mass is 540 g/mol. The van der Waals surface area contributed by atoms with Crippen LogP contribution in [0.25, 0.3) is 5.70 Å². The van der Waals surface area contributed by atoms with Crippen LogP contribution < -0.4 is 32.7 Å². The lowest BCUT2D eigenvalue weighted by Gasteiger charge is -2.21. The van der Waals surface area contributed by atoms with E-state index in [0.29, 0.717) is 48.5 Å². The summed E-state index contributed by atoms with van der Waals surface area (Å²) in [6.45, 7) is 10.4. The molecule has 39 heavy (non-hydrogen) atoms. The lowest BCUT2D eigenvalue weighted by molar-refractivity contribution is -0.116. The zero-order valence-corrected chi connectivity index (χ0v) is 23.7. The van der Waals surface area contributed by atoms with E-state index in [1.807, 2.05) is 7.05 Å². The van der Waals surface area contributed by atoms with Gasteiger partial charge in [0.05, 0.1) is 5.70 Å². The molecule has 214 valence electrons. The summed E-state index contributed by atoms with van der Waals surface area (Å²) < 4.78 is 14.3. The van der Waals surface area contributed by atoms with E-state index in [1.165, 1.54) is 6.07 Å². The van der Waals surface area contributed by atoms with Crippen molar-refractivity contribution in [3.63, 3.8) is 0 Å². The smallest absolute Gasteiger partial charge is 0.226 e. The molecule has 0 saturated heterocycles. The zero-order chi connectivity index (χ0) is 28.6. The first-order chi connectivity index (χ1) is 18.7. The third kappa shape index (κ3) is 11.7. The van der Waals surface area contributed by atoms with Crippen molar-refractivity contribution in [2.75, 3.05) is 50.4 Å². The van der Waals surface area contributed by atoms with Crippen LogP contribution in [0.2, 0.25) is 0 Å². The molecule has 1 heterocycles. The fourth-order valence-electron chi connectivity index (χ4n) is 3.82. The molecule has 10 heteroatoms. The largest absolute Gasteiger partial charge is 0.398 e. The molecule has 0 unspecified atom stereocenters. The number of likely N-dealkylation sites (N-methyl/N-ethyl adjacent to an activating group) is 1. The summed E-state index contributed by atoms with van der Waals surface area (Å²) in [5, 5.41) is 12.5. The highest BCUT2D eigenvalue weighted by Gasteiger charge is 2.11. The van der Waals surface area contributed by atoms with Gasteiger partial charge in [-0.05, 0) is 56.6 Å². The fourth-order valence-corrected chi connectivity index (χ4v) is 3.82. The number of hydrogen-bond donors (Lipinski definition) is 6. The highest BCUT2D eigenvalue weighted by molar-refractivity contribution is 5.90. The first kappa shape index (κ1) is 31.6. The molecule has 8 N–H and O–H groups in total. The SMILES string of the molecule is CCCN(CCNC)CCC(=O)Nc1cc(NC(/C=C(\N)c2ccccc2F)=C(/N)NCCC(C)C)ccn1. The number of carbonyl (C=O) groups excluding carboxylic acids is 1. The number of anilines is 2. The van der Waals surface area contributed by atoms with Gasteiger partial charge in [0, 0.05) is 61.8 Å². The van der Waals surface area contributed by atoms with Gasteiger partial charge in [0.25, 0.3) is 0 Å². The Morgan fingerprint density at radius 1 is 1.10 bits per heavy atom. The summed E-state index contributed by atoms with van der Waals surface area (Å²) in [6, 6.07) is 9.78. The number of pyridine rings is 1. The maximum absolute atomic E-state index is 14.3. The van der Waals surface area contributed by atoms with E-state index in [-0.39, 0.29) is 17.2 Å². The van der Waals surface area contributed by atoms with Crippen molar-refractivity contribution < 1.29 is 9.18 Å². The van der Waals surface area contributed by atoms with E-state index in [0.717, 1.165) is 32.5 Å². The van der Waals surface area contributed by atoms with Gasteiger partial charge in [-0.1, -0.05) is 32.9 Å². The highest BCUT2D eigenvalue weighted by Crippen LogP contribution is 2.19. The predicted octanol–water partition coefficient (Wildman–Crippen LogP) is 3.66. The van der Waals surface area contributed by atoms with Gasteiger partial charge in [-0.25, -0.2) is 9.37 Å². The minimum atomic E-state index is -0.422. The van der Waals surface area contributed by atoms with Crippen molar-refractivity contribution >= 4 is 23.1 Å². The molecule has 0 aliphatic heterocycles. The number of amides is 1. The van der Waals surface area contributed by atoms with Gasteiger partial charge in [-0.15, -0.1) is 0 Å². The number of rotatable bonds is 17. The quantitative estimate of drug-likeness (QED) is 0.168. The van der Waals surface area contributed by atoms with E-state index in [1.54, 1.807) is 42.6 Å². The van der Waals surface area contributed by atoms with E-state index in [2.05, 4.69) is 51.9 Å². The Kier molecular flexibility index (Phi) is 13.8.